The molecule has 1 saturated heterocycles. The normalized spacial score (nSPS) is 17.8. The topological polar surface area (TPSA) is 37.7 Å². The van der Waals surface area contributed by atoms with Crippen LogP contribution in [0.25, 0.3) is 0 Å². The van der Waals surface area contributed by atoms with Gasteiger partial charge in [0.15, 0.2) is 5.78 Å². The summed E-state index contributed by atoms with van der Waals surface area (Å²) in [5.74, 6) is 1.26. The number of carbonyl (C=O) groups excluding carboxylic acids is 1. The Bertz CT molecular complexity index is 773. The third kappa shape index (κ3) is 4.03. The van der Waals surface area contributed by atoms with E-state index in [1.165, 1.54) is 11.4 Å². The highest BCUT2D eigenvalue weighted by atomic mass is 16.5. The Kier molecular flexibility index (Phi) is 5.48. The fourth-order valence-corrected chi connectivity index (χ4v) is 4.20. The first-order valence-corrected chi connectivity index (χ1v) is 10.2. The quantitative estimate of drug-likeness (QED) is 0.786. The van der Waals surface area contributed by atoms with Crippen LogP contribution in [0, 0.1) is 0 Å². The van der Waals surface area contributed by atoms with Crippen LogP contribution in [0.5, 0.6) is 5.75 Å². The zero-order valence-electron chi connectivity index (χ0n) is 16.2. The van der Waals surface area contributed by atoms with Gasteiger partial charge < -0.3 is 14.2 Å². The summed E-state index contributed by atoms with van der Waals surface area (Å²) in [6.45, 7) is 9.00. The van der Waals surface area contributed by atoms with Gasteiger partial charge in [0.05, 0.1) is 6.61 Å². The Morgan fingerprint density at radius 3 is 2.48 bits per heavy atom. The molecule has 1 aliphatic carbocycles. The minimum atomic E-state index is 0.318. The van der Waals surface area contributed by atoms with Crippen molar-refractivity contribution < 1.29 is 9.53 Å². The van der Waals surface area contributed by atoms with E-state index < -0.39 is 0 Å². The van der Waals surface area contributed by atoms with Gasteiger partial charge in [-0.3, -0.25) is 9.69 Å². The Morgan fingerprint density at radius 1 is 0.963 bits per heavy atom. The summed E-state index contributed by atoms with van der Waals surface area (Å²) in [5, 5.41) is 0. The maximum atomic E-state index is 12.0. The summed E-state index contributed by atoms with van der Waals surface area (Å²) in [7, 11) is 0. The molecule has 0 saturated carbocycles. The average molecular weight is 367 g/mol. The first kappa shape index (κ1) is 18.1. The van der Waals surface area contributed by atoms with E-state index in [-0.39, 0.29) is 0 Å². The van der Waals surface area contributed by atoms with Gasteiger partial charge >= 0.3 is 0 Å². The van der Waals surface area contributed by atoms with E-state index in [1.807, 2.05) is 13.0 Å². The Morgan fingerprint density at radius 2 is 1.74 bits per heavy atom. The van der Waals surface area contributed by atoms with Crippen LogP contribution in [0.3, 0.4) is 0 Å². The number of fused-ring (bicyclic) bond motifs is 1. The van der Waals surface area contributed by atoms with Gasteiger partial charge in [0.25, 0.3) is 0 Å². The summed E-state index contributed by atoms with van der Waals surface area (Å²) >= 11 is 0. The molecule has 0 amide bonds. The van der Waals surface area contributed by atoms with Gasteiger partial charge in [0, 0.05) is 68.8 Å². The van der Waals surface area contributed by atoms with E-state index in [9.17, 15) is 4.79 Å². The lowest BCUT2D eigenvalue weighted by atomic mass is 9.97. The number of ether oxygens (including phenoxy) is 1. The minimum Gasteiger partial charge on any atom is -0.494 e. The van der Waals surface area contributed by atoms with Gasteiger partial charge in [0.2, 0.25) is 0 Å². The molecule has 4 rings (SSSR count). The Hall–Kier alpha value is -2.27. The van der Waals surface area contributed by atoms with E-state index in [0.29, 0.717) is 18.8 Å². The maximum absolute atomic E-state index is 12.0. The number of nitrogens with zero attached hydrogens (tertiary/aromatic N) is 3. The van der Waals surface area contributed by atoms with Crippen molar-refractivity contribution in [3.05, 3.63) is 47.8 Å². The van der Waals surface area contributed by atoms with Crippen molar-refractivity contribution in [2.75, 3.05) is 44.2 Å². The number of carbonyl (C=O) groups is 1. The summed E-state index contributed by atoms with van der Waals surface area (Å²) < 4.78 is 7.83. The lowest BCUT2D eigenvalue weighted by molar-refractivity contribution is 0.0971. The fraction of sp³-hybridized carbons (Fsp3) is 0.500. The third-order valence-electron chi connectivity index (χ3n) is 5.74. The molecule has 2 aromatic rings. The molecule has 27 heavy (non-hydrogen) atoms. The largest absolute Gasteiger partial charge is 0.494 e. The van der Waals surface area contributed by atoms with E-state index >= 15 is 0 Å². The summed E-state index contributed by atoms with van der Waals surface area (Å²) in [6, 6.07) is 10.4. The van der Waals surface area contributed by atoms with Gasteiger partial charge in [-0.2, -0.15) is 0 Å². The smallest absolute Gasteiger partial charge is 0.164 e. The fourth-order valence-electron chi connectivity index (χ4n) is 4.20. The standard InChI is InChI=1S/C22H29N3O2/c1-2-27-19-8-6-18(7-9-19)24-15-12-23(13-16-24)14-17-25-11-10-20-21(25)4-3-5-22(20)26/h6-11H,2-5,12-17H2,1H3. The van der Waals surface area contributed by atoms with Crippen LogP contribution in [0.4, 0.5) is 5.69 Å². The van der Waals surface area contributed by atoms with Crippen LogP contribution in [0.1, 0.15) is 35.8 Å². The molecule has 5 nitrogen and oxygen atoms in total. The highest BCUT2D eigenvalue weighted by molar-refractivity contribution is 5.98. The van der Waals surface area contributed by atoms with E-state index in [2.05, 4.69) is 44.8 Å². The highest BCUT2D eigenvalue weighted by Crippen LogP contribution is 2.23. The third-order valence-corrected chi connectivity index (χ3v) is 5.74. The molecular formula is C22H29N3O2. The molecule has 1 fully saturated rings. The van der Waals surface area contributed by atoms with Crippen LogP contribution in [-0.2, 0) is 13.0 Å². The van der Waals surface area contributed by atoms with Crippen LogP contribution >= 0.6 is 0 Å². The second kappa shape index (κ2) is 8.17. The minimum absolute atomic E-state index is 0.318. The molecule has 0 radical (unpaired) electrons. The van der Waals surface area contributed by atoms with Gasteiger partial charge in [-0.25, -0.2) is 0 Å². The van der Waals surface area contributed by atoms with Crippen LogP contribution in [-0.4, -0.2) is 54.6 Å². The lowest BCUT2D eigenvalue weighted by Crippen LogP contribution is -2.47. The zero-order valence-corrected chi connectivity index (χ0v) is 16.2. The number of rotatable bonds is 6. The average Bonchev–Trinajstić information content (AvgIpc) is 3.12. The van der Waals surface area contributed by atoms with E-state index in [0.717, 1.165) is 63.4 Å². The molecule has 1 aromatic carbocycles. The van der Waals surface area contributed by atoms with E-state index in [1.54, 1.807) is 0 Å². The molecule has 0 N–H and O–H groups in total. The number of ketones is 1. The molecule has 1 aliphatic heterocycles. The number of piperazine rings is 1. The molecule has 0 spiro atoms. The number of Topliss-reactive ketones (excluding diaryl/α,β-unsaturated/α-hetero) is 1. The van der Waals surface area contributed by atoms with Crippen molar-refractivity contribution in [2.24, 2.45) is 0 Å². The summed E-state index contributed by atoms with van der Waals surface area (Å²) in [4.78, 5) is 17.0. The van der Waals surface area contributed by atoms with Crippen molar-refractivity contribution in [2.45, 2.75) is 32.7 Å². The van der Waals surface area contributed by atoms with Crippen LogP contribution in [0.2, 0.25) is 0 Å². The van der Waals surface area contributed by atoms with Crippen molar-refractivity contribution in [1.29, 1.82) is 0 Å². The Balaban J connectivity index is 1.28. The predicted octanol–water partition coefficient (Wildman–Crippen LogP) is 3.23. The first-order chi connectivity index (χ1) is 13.2. The van der Waals surface area contributed by atoms with Crippen molar-refractivity contribution in [3.63, 3.8) is 0 Å². The number of hydrogen-bond acceptors (Lipinski definition) is 4. The number of anilines is 1. The van der Waals surface area contributed by atoms with Gasteiger partial charge in [-0.1, -0.05) is 0 Å². The monoisotopic (exact) mass is 367 g/mol. The number of benzene rings is 1. The SMILES string of the molecule is CCOc1ccc(N2CCN(CCn3ccc4c3CCCC4=O)CC2)cc1. The molecule has 2 aliphatic rings. The Labute approximate surface area is 161 Å². The molecule has 2 heterocycles. The number of hydrogen-bond donors (Lipinski definition) is 0. The molecule has 1 aromatic heterocycles. The number of aromatic nitrogens is 1. The van der Waals surface area contributed by atoms with Crippen molar-refractivity contribution in [1.82, 2.24) is 9.47 Å². The van der Waals surface area contributed by atoms with E-state index in [4.69, 9.17) is 4.74 Å². The molecular weight excluding hydrogens is 338 g/mol. The molecule has 0 bridgehead atoms. The predicted molar refractivity (Wildman–Crippen MR) is 108 cm³/mol. The molecule has 0 atom stereocenters. The highest BCUT2D eigenvalue weighted by Gasteiger charge is 2.21. The van der Waals surface area contributed by atoms with Crippen LogP contribution in [0.15, 0.2) is 36.5 Å². The summed E-state index contributed by atoms with van der Waals surface area (Å²) in [6.07, 6.45) is 4.85. The second-order valence-corrected chi connectivity index (χ2v) is 7.40. The van der Waals surface area contributed by atoms with Crippen LogP contribution < -0.4 is 9.64 Å². The molecule has 144 valence electrons. The lowest BCUT2D eigenvalue weighted by Gasteiger charge is -2.36. The van der Waals surface area contributed by atoms with Gasteiger partial charge in [-0.15, -0.1) is 0 Å². The first-order valence-electron chi connectivity index (χ1n) is 10.2. The molecule has 0 unspecified atom stereocenters. The zero-order chi connectivity index (χ0) is 18.6. The summed E-state index contributed by atoms with van der Waals surface area (Å²) in [5.41, 5.74) is 3.48. The van der Waals surface area contributed by atoms with Crippen molar-refractivity contribution >= 4 is 11.5 Å². The van der Waals surface area contributed by atoms with Gasteiger partial charge in [-0.05, 0) is 50.1 Å². The molecule has 5 heteroatoms. The van der Waals surface area contributed by atoms with Crippen molar-refractivity contribution in [3.8, 4) is 5.75 Å². The van der Waals surface area contributed by atoms with Gasteiger partial charge in [0.1, 0.15) is 5.75 Å². The maximum Gasteiger partial charge on any atom is 0.164 e. The second-order valence-electron chi connectivity index (χ2n) is 7.40.